The maximum atomic E-state index is 13.2. The third-order valence-corrected chi connectivity index (χ3v) is 6.05. The molecule has 0 aromatic carbocycles. The fourth-order valence-electron chi connectivity index (χ4n) is 3.31. The van der Waals surface area contributed by atoms with E-state index in [4.69, 9.17) is 0 Å². The van der Waals surface area contributed by atoms with E-state index in [1.54, 1.807) is 11.5 Å². The van der Waals surface area contributed by atoms with Crippen LogP contribution in [0.3, 0.4) is 0 Å². The number of piperazine rings is 1. The van der Waals surface area contributed by atoms with Crippen molar-refractivity contribution in [2.75, 3.05) is 43.4 Å². The van der Waals surface area contributed by atoms with Crippen LogP contribution >= 0.6 is 11.8 Å². The molecule has 11 nitrogen and oxygen atoms in total. The second-order valence-electron chi connectivity index (χ2n) is 7.44. The van der Waals surface area contributed by atoms with Gasteiger partial charge in [0.2, 0.25) is 5.95 Å². The molecule has 1 N–H and O–H groups in total. The third kappa shape index (κ3) is 6.06. The summed E-state index contributed by atoms with van der Waals surface area (Å²) >= 11 is 1.01. The standard InChI is InChI=1S/C20H24F3N7O4S/c1-4-5-8-29-14-15(25-18(29)28-9-6-24-7-10-28)26-19(27(3)16(14)32)35-12-11-30(13(2)31)34-17(33)20(21,22)23/h24H,6-12H2,1-3H3. The van der Waals surface area contributed by atoms with E-state index in [0.717, 1.165) is 31.8 Å². The number of hydroxylamine groups is 2. The van der Waals surface area contributed by atoms with Crippen molar-refractivity contribution >= 4 is 40.8 Å². The van der Waals surface area contributed by atoms with Crippen LogP contribution in [0.5, 0.6) is 0 Å². The van der Waals surface area contributed by atoms with Crippen LogP contribution in [0, 0.1) is 11.8 Å². The average Bonchev–Trinajstić information content (AvgIpc) is 3.18. The van der Waals surface area contributed by atoms with Gasteiger partial charge in [0.1, 0.15) is 0 Å². The minimum Gasteiger partial charge on any atom is -0.340 e. The van der Waals surface area contributed by atoms with Crippen molar-refractivity contribution < 1.29 is 27.6 Å². The van der Waals surface area contributed by atoms with Crippen molar-refractivity contribution in [2.45, 2.75) is 31.7 Å². The average molecular weight is 516 g/mol. The number of alkyl halides is 3. The number of thioether (sulfide) groups is 1. The van der Waals surface area contributed by atoms with Crippen LogP contribution in [-0.4, -0.2) is 80.7 Å². The normalized spacial score (nSPS) is 13.9. The summed E-state index contributed by atoms with van der Waals surface area (Å²) in [6.07, 6.45) is -5.24. The molecular weight excluding hydrogens is 491 g/mol. The molecule has 35 heavy (non-hydrogen) atoms. The van der Waals surface area contributed by atoms with Crippen molar-refractivity contribution in [3.8, 4) is 11.8 Å². The molecule has 0 aliphatic carbocycles. The highest BCUT2D eigenvalue weighted by Gasteiger charge is 2.43. The van der Waals surface area contributed by atoms with Gasteiger partial charge in [0.05, 0.1) is 13.1 Å². The summed E-state index contributed by atoms with van der Waals surface area (Å²) < 4.78 is 40.4. The Balaban J connectivity index is 1.86. The number of halogens is 3. The van der Waals surface area contributed by atoms with Crippen LogP contribution in [0.1, 0.15) is 13.8 Å². The van der Waals surface area contributed by atoms with Crippen LogP contribution < -0.4 is 15.8 Å². The summed E-state index contributed by atoms with van der Waals surface area (Å²) in [5, 5.41) is 3.82. The molecule has 15 heteroatoms. The summed E-state index contributed by atoms with van der Waals surface area (Å²) in [7, 11) is 1.51. The van der Waals surface area contributed by atoms with Crippen molar-refractivity contribution in [1.82, 2.24) is 29.5 Å². The van der Waals surface area contributed by atoms with Crippen molar-refractivity contribution in [1.29, 1.82) is 0 Å². The van der Waals surface area contributed by atoms with Crippen LogP contribution in [0.4, 0.5) is 19.1 Å². The molecule has 2 aromatic rings. The summed E-state index contributed by atoms with van der Waals surface area (Å²) in [4.78, 5) is 51.1. The predicted molar refractivity (Wildman–Crippen MR) is 122 cm³/mol. The van der Waals surface area contributed by atoms with E-state index in [1.807, 2.05) is 4.90 Å². The lowest BCUT2D eigenvalue weighted by Crippen LogP contribution is -2.44. The van der Waals surface area contributed by atoms with Crippen LogP contribution in [-0.2, 0) is 28.0 Å². The van der Waals surface area contributed by atoms with Gasteiger partial charge in [-0.3, -0.25) is 18.7 Å². The van der Waals surface area contributed by atoms with Gasteiger partial charge in [-0.1, -0.05) is 17.7 Å². The smallest absolute Gasteiger partial charge is 0.340 e. The number of carbonyl (C=O) groups is 2. The lowest BCUT2D eigenvalue weighted by molar-refractivity contribution is -0.235. The maximum Gasteiger partial charge on any atom is 0.493 e. The Kier molecular flexibility index (Phi) is 8.28. The summed E-state index contributed by atoms with van der Waals surface area (Å²) in [5.41, 5.74) is 0.141. The fourth-order valence-corrected chi connectivity index (χ4v) is 4.18. The number of amides is 1. The van der Waals surface area contributed by atoms with E-state index in [1.165, 1.54) is 11.6 Å². The Morgan fingerprint density at radius 2 is 1.94 bits per heavy atom. The van der Waals surface area contributed by atoms with Crippen LogP contribution in [0.2, 0.25) is 0 Å². The summed E-state index contributed by atoms with van der Waals surface area (Å²) in [5.74, 6) is 2.98. The van der Waals surface area contributed by atoms with Crippen molar-refractivity contribution in [3.63, 3.8) is 0 Å². The molecule has 1 amide bonds. The number of fused-ring (bicyclic) bond motifs is 1. The second kappa shape index (κ2) is 11.0. The number of nitrogens with one attached hydrogen (secondary N) is 1. The van der Waals surface area contributed by atoms with Gasteiger partial charge in [-0.2, -0.15) is 23.2 Å². The van der Waals surface area contributed by atoms with Crippen LogP contribution in [0.25, 0.3) is 11.2 Å². The first kappa shape index (κ1) is 26.4. The number of rotatable bonds is 6. The largest absolute Gasteiger partial charge is 0.493 e. The molecular formula is C20H24F3N7O4S. The van der Waals surface area contributed by atoms with Crippen molar-refractivity contribution in [2.24, 2.45) is 7.05 Å². The molecule has 0 unspecified atom stereocenters. The van der Waals surface area contributed by atoms with Gasteiger partial charge in [-0.05, 0) is 6.92 Å². The fraction of sp³-hybridized carbons (Fsp3) is 0.550. The van der Waals surface area contributed by atoms with E-state index >= 15 is 0 Å². The van der Waals surface area contributed by atoms with E-state index in [9.17, 15) is 27.6 Å². The van der Waals surface area contributed by atoms with Gasteiger partial charge in [0.15, 0.2) is 16.3 Å². The Morgan fingerprint density at radius 1 is 1.26 bits per heavy atom. The lowest BCUT2D eigenvalue weighted by Gasteiger charge is -2.28. The molecule has 0 atom stereocenters. The number of imidazole rings is 1. The Morgan fingerprint density at radius 3 is 2.54 bits per heavy atom. The predicted octanol–water partition coefficient (Wildman–Crippen LogP) is 0.524. The Bertz CT molecular complexity index is 1230. The number of hydrogen-bond acceptors (Lipinski definition) is 9. The number of anilines is 1. The molecule has 0 spiro atoms. The van der Waals surface area contributed by atoms with Gasteiger partial charge in [-0.25, -0.2) is 9.78 Å². The van der Waals surface area contributed by atoms with Gasteiger partial charge in [0, 0.05) is 45.9 Å². The molecule has 0 saturated carbocycles. The zero-order valence-electron chi connectivity index (χ0n) is 19.3. The van der Waals surface area contributed by atoms with Gasteiger partial charge in [0.25, 0.3) is 11.5 Å². The second-order valence-corrected chi connectivity index (χ2v) is 8.50. The number of aromatic nitrogens is 4. The summed E-state index contributed by atoms with van der Waals surface area (Å²) in [6, 6.07) is 0. The minimum atomic E-state index is -5.24. The number of carbonyl (C=O) groups excluding carboxylic acids is 2. The molecule has 1 saturated heterocycles. The molecule has 190 valence electrons. The van der Waals surface area contributed by atoms with Gasteiger partial charge in [-0.15, -0.1) is 5.92 Å². The molecule has 1 aliphatic rings. The topological polar surface area (TPSA) is 115 Å². The molecule has 3 heterocycles. The first-order chi connectivity index (χ1) is 16.5. The maximum absolute atomic E-state index is 13.2. The zero-order valence-corrected chi connectivity index (χ0v) is 20.1. The highest BCUT2D eigenvalue weighted by molar-refractivity contribution is 7.99. The van der Waals surface area contributed by atoms with E-state index in [2.05, 4.69) is 32.0 Å². The first-order valence-corrected chi connectivity index (χ1v) is 11.6. The highest BCUT2D eigenvalue weighted by atomic mass is 32.2. The lowest BCUT2D eigenvalue weighted by atomic mass is 10.4. The van der Waals surface area contributed by atoms with Crippen molar-refractivity contribution in [3.05, 3.63) is 10.4 Å². The first-order valence-electron chi connectivity index (χ1n) is 10.6. The third-order valence-electron chi connectivity index (χ3n) is 5.04. The molecule has 2 aromatic heterocycles. The zero-order chi connectivity index (χ0) is 25.8. The van der Waals surface area contributed by atoms with Gasteiger partial charge >= 0.3 is 12.1 Å². The minimum absolute atomic E-state index is 0.00315. The number of nitrogens with zero attached hydrogens (tertiary/aromatic N) is 6. The van der Waals surface area contributed by atoms with Crippen LogP contribution in [0.15, 0.2) is 9.95 Å². The van der Waals surface area contributed by atoms with E-state index in [0.29, 0.717) is 24.1 Å². The molecule has 3 rings (SSSR count). The highest BCUT2D eigenvalue weighted by Crippen LogP contribution is 2.23. The SMILES string of the molecule is CC#CCn1c(N2CCNCC2)nc2nc(SCCN(OC(=O)C(F)(F)F)C(C)=O)n(C)c(=O)c21. The van der Waals surface area contributed by atoms with E-state index < -0.39 is 18.1 Å². The Hall–Kier alpha value is -3.25. The van der Waals surface area contributed by atoms with E-state index in [-0.39, 0.29) is 40.7 Å². The van der Waals surface area contributed by atoms with Gasteiger partial charge < -0.3 is 15.1 Å². The monoisotopic (exact) mass is 515 g/mol. The quantitative estimate of drug-likeness (QED) is 0.255. The Labute approximate surface area is 202 Å². The summed E-state index contributed by atoms with van der Waals surface area (Å²) in [6.45, 7) is 5.51. The molecule has 0 bridgehead atoms. The molecule has 1 aliphatic heterocycles. The molecule has 0 radical (unpaired) electrons. The number of hydrogen-bond donors (Lipinski definition) is 1. The molecule has 1 fully saturated rings.